The highest BCUT2D eigenvalue weighted by Gasteiger charge is 2.09. The standard InChI is InChI=1S/C10H12N4O3/c11-13-12-7-1-2-10(15)8-3-5-9(6-4-8)14(16)17/h3-6,10,15H,1-2,7H2. The number of aliphatic hydroxyl groups is 1. The Bertz CT molecular complexity index is 426. The van der Waals surface area contributed by atoms with Crippen molar-refractivity contribution in [3.8, 4) is 0 Å². The van der Waals surface area contributed by atoms with Crippen LogP contribution in [-0.2, 0) is 0 Å². The molecule has 1 rings (SSSR count). The van der Waals surface area contributed by atoms with Crippen LogP contribution < -0.4 is 0 Å². The molecule has 1 aromatic rings. The van der Waals surface area contributed by atoms with E-state index in [-0.39, 0.29) is 5.69 Å². The van der Waals surface area contributed by atoms with E-state index in [0.717, 1.165) is 0 Å². The third-order valence-corrected chi connectivity index (χ3v) is 2.29. The van der Waals surface area contributed by atoms with Crippen molar-refractivity contribution in [2.75, 3.05) is 6.54 Å². The lowest BCUT2D eigenvalue weighted by atomic mass is 10.0. The smallest absolute Gasteiger partial charge is 0.269 e. The summed E-state index contributed by atoms with van der Waals surface area (Å²) in [6, 6.07) is 5.75. The van der Waals surface area contributed by atoms with E-state index in [2.05, 4.69) is 10.0 Å². The third-order valence-electron chi connectivity index (χ3n) is 2.29. The largest absolute Gasteiger partial charge is 0.388 e. The zero-order chi connectivity index (χ0) is 12.7. The highest BCUT2D eigenvalue weighted by Crippen LogP contribution is 2.21. The Labute approximate surface area is 97.5 Å². The molecule has 0 saturated heterocycles. The van der Waals surface area contributed by atoms with E-state index in [1.807, 2.05) is 0 Å². The minimum absolute atomic E-state index is 0.00460. The molecule has 7 heteroatoms. The summed E-state index contributed by atoms with van der Waals surface area (Å²) in [6.07, 6.45) is 0.337. The van der Waals surface area contributed by atoms with Gasteiger partial charge in [0.25, 0.3) is 5.69 Å². The number of azide groups is 1. The molecule has 0 fully saturated rings. The second kappa shape index (κ2) is 6.47. The molecule has 0 aliphatic heterocycles. The molecule has 0 radical (unpaired) electrons. The van der Waals surface area contributed by atoms with Gasteiger partial charge in [0.2, 0.25) is 0 Å². The summed E-state index contributed by atoms with van der Waals surface area (Å²) in [4.78, 5) is 12.5. The normalized spacial score (nSPS) is 11.6. The van der Waals surface area contributed by atoms with Crippen molar-refractivity contribution in [2.24, 2.45) is 5.11 Å². The molecule has 0 saturated carbocycles. The van der Waals surface area contributed by atoms with E-state index in [4.69, 9.17) is 5.53 Å². The van der Waals surface area contributed by atoms with Crippen LogP contribution in [0.15, 0.2) is 29.4 Å². The maximum atomic E-state index is 10.4. The van der Waals surface area contributed by atoms with Gasteiger partial charge in [0.05, 0.1) is 11.0 Å². The quantitative estimate of drug-likeness (QED) is 0.204. The monoisotopic (exact) mass is 236 g/mol. The van der Waals surface area contributed by atoms with Gasteiger partial charge in [-0.1, -0.05) is 5.11 Å². The van der Waals surface area contributed by atoms with Crippen molar-refractivity contribution in [3.63, 3.8) is 0 Å². The first-order valence-electron chi connectivity index (χ1n) is 5.08. The van der Waals surface area contributed by atoms with Crippen LogP contribution in [0.5, 0.6) is 0 Å². The van der Waals surface area contributed by atoms with Gasteiger partial charge in [-0.05, 0) is 36.1 Å². The van der Waals surface area contributed by atoms with E-state index in [1.54, 1.807) is 0 Å². The first-order chi connectivity index (χ1) is 8.15. The average Bonchev–Trinajstić information content (AvgIpc) is 2.34. The molecule has 0 aliphatic rings. The van der Waals surface area contributed by atoms with Gasteiger partial charge in [-0.25, -0.2) is 0 Å². The maximum Gasteiger partial charge on any atom is 0.269 e. The predicted octanol–water partition coefficient (Wildman–Crippen LogP) is 2.72. The highest BCUT2D eigenvalue weighted by atomic mass is 16.6. The molecular formula is C10H12N4O3. The number of hydrogen-bond acceptors (Lipinski definition) is 4. The second-order valence-corrected chi connectivity index (χ2v) is 3.46. The Morgan fingerprint density at radius 1 is 1.47 bits per heavy atom. The van der Waals surface area contributed by atoms with E-state index < -0.39 is 11.0 Å². The number of non-ortho nitro benzene ring substituents is 1. The fraction of sp³-hybridized carbons (Fsp3) is 0.400. The summed E-state index contributed by atoms with van der Waals surface area (Å²) in [6.45, 7) is 0.334. The molecule has 1 N–H and O–H groups in total. The molecule has 0 aliphatic carbocycles. The highest BCUT2D eigenvalue weighted by molar-refractivity contribution is 5.33. The van der Waals surface area contributed by atoms with Crippen LogP contribution >= 0.6 is 0 Å². The molecule has 1 unspecified atom stereocenters. The fourth-order valence-corrected chi connectivity index (χ4v) is 1.38. The van der Waals surface area contributed by atoms with Crippen LogP contribution in [0.4, 0.5) is 5.69 Å². The average molecular weight is 236 g/mol. The SMILES string of the molecule is [N-]=[N+]=NCCCC(O)c1ccc([N+](=O)[O-])cc1. The molecular weight excluding hydrogens is 224 g/mol. The fourth-order valence-electron chi connectivity index (χ4n) is 1.38. The van der Waals surface area contributed by atoms with Crippen molar-refractivity contribution >= 4 is 5.69 Å². The van der Waals surface area contributed by atoms with Crippen LogP contribution in [-0.4, -0.2) is 16.6 Å². The van der Waals surface area contributed by atoms with Gasteiger partial charge in [-0.15, -0.1) is 0 Å². The van der Waals surface area contributed by atoms with Crippen molar-refractivity contribution in [1.82, 2.24) is 0 Å². The second-order valence-electron chi connectivity index (χ2n) is 3.46. The van der Waals surface area contributed by atoms with Crippen LogP contribution in [0.3, 0.4) is 0 Å². The van der Waals surface area contributed by atoms with Gasteiger partial charge in [0.1, 0.15) is 0 Å². The molecule has 0 spiro atoms. The number of rotatable bonds is 6. The zero-order valence-corrected chi connectivity index (χ0v) is 9.06. The molecule has 0 amide bonds. The Morgan fingerprint density at radius 3 is 2.65 bits per heavy atom. The Kier molecular flexibility index (Phi) is 4.93. The molecule has 17 heavy (non-hydrogen) atoms. The van der Waals surface area contributed by atoms with Crippen molar-refractivity contribution in [3.05, 3.63) is 50.4 Å². The molecule has 7 nitrogen and oxygen atoms in total. The summed E-state index contributed by atoms with van der Waals surface area (Å²) < 4.78 is 0. The lowest BCUT2D eigenvalue weighted by Crippen LogP contribution is -1.98. The summed E-state index contributed by atoms with van der Waals surface area (Å²) in [7, 11) is 0. The number of aliphatic hydroxyl groups excluding tert-OH is 1. The van der Waals surface area contributed by atoms with Crippen molar-refractivity contribution < 1.29 is 10.0 Å². The molecule has 1 aromatic carbocycles. The lowest BCUT2D eigenvalue weighted by molar-refractivity contribution is -0.384. The summed E-state index contributed by atoms with van der Waals surface area (Å²) >= 11 is 0. The molecule has 0 heterocycles. The zero-order valence-electron chi connectivity index (χ0n) is 9.06. The number of benzene rings is 1. The third kappa shape index (κ3) is 4.10. The van der Waals surface area contributed by atoms with Gasteiger partial charge in [-0.2, -0.15) is 0 Å². The van der Waals surface area contributed by atoms with E-state index in [1.165, 1.54) is 24.3 Å². The minimum Gasteiger partial charge on any atom is -0.388 e. The van der Waals surface area contributed by atoms with Crippen LogP contribution in [0.25, 0.3) is 10.4 Å². The number of nitrogens with zero attached hydrogens (tertiary/aromatic N) is 4. The lowest BCUT2D eigenvalue weighted by Gasteiger charge is -2.09. The van der Waals surface area contributed by atoms with Gasteiger partial charge >= 0.3 is 0 Å². The first kappa shape index (κ1) is 13.0. The van der Waals surface area contributed by atoms with Crippen LogP contribution in [0.1, 0.15) is 24.5 Å². The van der Waals surface area contributed by atoms with Crippen LogP contribution in [0.2, 0.25) is 0 Å². The summed E-state index contributed by atoms with van der Waals surface area (Å²) in [5.41, 5.74) is 8.68. The number of nitro benzene ring substituents is 1. The minimum atomic E-state index is -0.690. The topological polar surface area (TPSA) is 112 Å². The van der Waals surface area contributed by atoms with Gasteiger partial charge < -0.3 is 5.11 Å². The van der Waals surface area contributed by atoms with Crippen molar-refractivity contribution in [1.29, 1.82) is 0 Å². The van der Waals surface area contributed by atoms with Gasteiger partial charge in [0.15, 0.2) is 0 Å². The Balaban J connectivity index is 2.54. The summed E-state index contributed by atoms with van der Waals surface area (Å²) in [5, 5.41) is 23.5. The molecule has 0 aromatic heterocycles. The van der Waals surface area contributed by atoms with Gasteiger partial charge in [-0.3, -0.25) is 10.1 Å². The van der Waals surface area contributed by atoms with Crippen molar-refractivity contribution in [2.45, 2.75) is 18.9 Å². The number of hydrogen-bond donors (Lipinski definition) is 1. The van der Waals surface area contributed by atoms with E-state index in [0.29, 0.717) is 24.9 Å². The predicted molar refractivity (Wildman–Crippen MR) is 61.3 cm³/mol. The Hall–Kier alpha value is -2.11. The molecule has 1 atom stereocenters. The first-order valence-corrected chi connectivity index (χ1v) is 5.08. The maximum absolute atomic E-state index is 10.4. The van der Waals surface area contributed by atoms with E-state index in [9.17, 15) is 15.2 Å². The Morgan fingerprint density at radius 2 is 2.12 bits per heavy atom. The van der Waals surface area contributed by atoms with E-state index >= 15 is 0 Å². The van der Waals surface area contributed by atoms with Crippen LogP contribution in [0, 0.1) is 10.1 Å². The number of nitro groups is 1. The molecule has 90 valence electrons. The molecule has 0 bridgehead atoms. The van der Waals surface area contributed by atoms with Gasteiger partial charge in [0, 0.05) is 23.6 Å². The summed E-state index contributed by atoms with van der Waals surface area (Å²) in [5.74, 6) is 0.